The smallest absolute Gasteiger partial charge is 0.208 e. The molecule has 1 saturated heterocycles. The first-order chi connectivity index (χ1) is 9.31. The topological polar surface area (TPSA) is 50.8 Å². The van der Waals surface area contributed by atoms with Crippen LogP contribution in [0.2, 0.25) is 5.02 Å². The van der Waals surface area contributed by atoms with Gasteiger partial charge in [0.15, 0.2) is 5.82 Å². The molecule has 0 spiro atoms. The molecule has 0 bridgehead atoms. The Kier molecular flexibility index (Phi) is 4.06. The van der Waals surface area contributed by atoms with Crippen molar-refractivity contribution in [1.82, 2.24) is 15.2 Å². The minimum Gasteiger partial charge on any atom is -0.377 e. The van der Waals surface area contributed by atoms with E-state index in [-0.39, 0.29) is 0 Å². The number of ether oxygens (including phenoxy) is 1. The molecule has 2 aromatic rings. The second kappa shape index (κ2) is 5.94. The summed E-state index contributed by atoms with van der Waals surface area (Å²) in [5.74, 6) is 1.68. The zero-order valence-electron chi connectivity index (χ0n) is 10.3. The normalized spacial score (nSPS) is 18.9. The first kappa shape index (κ1) is 13.0. The molecule has 1 aromatic heterocycles. The Hall–Kier alpha value is -1.04. The van der Waals surface area contributed by atoms with Crippen LogP contribution < -0.4 is 0 Å². The van der Waals surface area contributed by atoms with Gasteiger partial charge in [-0.3, -0.25) is 5.10 Å². The quantitative estimate of drug-likeness (QED) is 0.878. The lowest BCUT2D eigenvalue weighted by Crippen LogP contribution is -2.07. The summed E-state index contributed by atoms with van der Waals surface area (Å²) in [6, 6.07) is 7.55. The van der Waals surface area contributed by atoms with Crippen molar-refractivity contribution in [3.63, 3.8) is 0 Å². The van der Waals surface area contributed by atoms with E-state index in [1.54, 1.807) is 11.8 Å². The second-order valence-electron chi connectivity index (χ2n) is 4.42. The van der Waals surface area contributed by atoms with Crippen molar-refractivity contribution in [3.05, 3.63) is 29.3 Å². The van der Waals surface area contributed by atoms with Gasteiger partial charge < -0.3 is 4.74 Å². The zero-order valence-corrected chi connectivity index (χ0v) is 11.9. The van der Waals surface area contributed by atoms with E-state index in [0.29, 0.717) is 6.10 Å². The summed E-state index contributed by atoms with van der Waals surface area (Å²) in [5.41, 5.74) is 0.987. The minimum atomic E-state index is 0.350. The third-order valence-corrected chi connectivity index (χ3v) is 4.24. The Balaban J connectivity index is 1.63. The van der Waals surface area contributed by atoms with Gasteiger partial charge in [-0.2, -0.15) is 0 Å². The van der Waals surface area contributed by atoms with Crippen LogP contribution >= 0.6 is 23.4 Å². The van der Waals surface area contributed by atoms with Gasteiger partial charge in [0.05, 0.1) is 6.10 Å². The molecule has 2 heterocycles. The summed E-state index contributed by atoms with van der Waals surface area (Å²) >= 11 is 7.49. The standard InChI is InChI=1S/C13H14ClN3OS/c14-10-5-3-9(4-6-10)12-15-13(17-16-12)19-8-11-2-1-7-18-11/h3-6,11H,1-2,7-8H2,(H,15,16,17). The predicted molar refractivity (Wildman–Crippen MR) is 76.5 cm³/mol. The number of aromatic amines is 1. The number of nitrogens with one attached hydrogen (secondary N) is 1. The number of hydrogen-bond acceptors (Lipinski definition) is 4. The molecular formula is C13H14ClN3OS. The van der Waals surface area contributed by atoms with E-state index in [4.69, 9.17) is 16.3 Å². The average molecular weight is 296 g/mol. The van der Waals surface area contributed by atoms with Crippen molar-refractivity contribution in [2.45, 2.75) is 24.1 Å². The van der Waals surface area contributed by atoms with Gasteiger partial charge in [-0.1, -0.05) is 23.4 Å². The number of hydrogen-bond donors (Lipinski definition) is 1. The van der Waals surface area contributed by atoms with Crippen LogP contribution in [0.3, 0.4) is 0 Å². The lowest BCUT2D eigenvalue weighted by Gasteiger charge is -2.05. The van der Waals surface area contributed by atoms with Crippen LogP contribution in [-0.4, -0.2) is 33.6 Å². The summed E-state index contributed by atoms with van der Waals surface area (Å²) in [7, 11) is 0. The van der Waals surface area contributed by atoms with E-state index < -0.39 is 0 Å². The van der Waals surface area contributed by atoms with E-state index in [2.05, 4.69) is 15.2 Å². The Labute approximate surface area is 120 Å². The van der Waals surface area contributed by atoms with Gasteiger partial charge >= 0.3 is 0 Å². The van der Waals surface area contributed by atoms with Gasteiger partial charge in [0.25, 0.3) is 0 Å². The fraction of sp³-hybridized carbons (Fsp3) is 0.385. The Morgan fingerprint density at radius 1 is 1.37 bits per heavy atom. The number of H-pyrrole nitrogens is 1. The Morgan fingerprint density at radius 2 is 2.21 bits per heavy atom. The summed E-state index contributed by atoms with van der Waals surface area (Å²) in [6.07, 6.45) is 2.65. The lowest BCUT2D eigenvalue weighted by molar-refractivity contribution is 0.129. The molecule has 1 fully saturated rings. The highest BCUT2D eigenvalue weighted by atomic mass is 35.5. The molecule has 1 aliphatic heterocycles. The average Bonchev–Trinajstić information content (AvgIpc) is 3.09. The van der Waals surface area contributed by atoms with Gasteiger partial charge in [-0.05, 0) is 37.1 Å². The van der Waals surface area contributed by atoms with E-state index in [1.807, 2.05) is 24.3 Å². The molecule has 1 atom stereocenters. The predicted octanol–water partition coefficient (Wildman–Crippen LogP) is 3.40. The van der Waals surface area contributed by atoms with E-state index in [0.717, 1.165) is 46.8 Å². The fourth-order valence-corrected chi connectivity index (χ4v) is 2.98. The maximum Gasteiger partial charge on any atom is 0.208 e. The van der Waals surface area contributed by atoms with Crippen molar-refractivity contribution in [1.29, 1.82) is 0 Å². The maximum atomic E-state index is 5.86. The summed E-state index contributed by atoms with van der Waals surface area (Å²) in [5, 5.41) is 8.65. The van der Waals surface area contributed by atoms with Crippen LogP contribution in [0.1, 0.15) is 12.8 Å². The molecule has 0 radical (unpaired) electrons. The fourth-order valence-electron chi connectivity index (χ4n) is 1.99. The summed E-state index contributed by atoms with van der Waals surface area (Å²) in [4.78, 5) is 4.47. The number of aromatic nitrogens is 3. The van der Waals surface area contributed by atoms with Crippen molar-refractivity contribution >= 4 is 23.4 Å². The molecule has 100 valence electrons. The van der Waals surface area contributed by atoms with E-state index >= 15 is 0 Å². The molecule has 19 heavy (non-hydrogen) atoms. The lowest BCUT2D eigenvalue weighted by atomic mass is 10.2. The van der Waals surface area contributed by atoms with Crippen LogP contribution in [-0.2, 0) is 4.74 Å². The number of thioether (sulfide) groups is 1. The molecule has 6 heteroatoms. The van der Waals surface area contributed by atoms with Crippen molar-refractivity contribution < 1.29 is 4.74 Å². The molecular weight excluding hydrogens is 282 g/mol. The third kappa shape index (κ3) is 3.29. The van der Waals surface area contributed by atoms with Crippen LogP contribution in [0, 0.1) is 0 Å². The Bertz CT molecular complexity index is 537. The first-order valence-corrected chi connectivity index (χ1v) is 7.60. The molecule has 3 rings (SSSR count). The number of rotatable bonds is 4. The van der Waals surface area contributed by atoms with Gasteiger partial charge in [-0.25, -0.2) is 4.98 Å². The third-order valence-electron chi connectivity index (χ3n) is 3.00. The largest absolute Gasteiger partial charge is 0.377 e. The highest BCUT2D eigenvalue weighted by molar-refractivity contribution is 7.99. The van der Waals surface area contributed by atoms with Gasteiger partial charge in [0.2, 0.25) is 5.16 Å². The second-order valence-corrected chi connectivity index (χ2v) is 5.84. The summed E-state index contributed by atoms with van der Waals surface area (Å²) in [6.45, 7) is 0.884. The molecule has 0 amide bonds. The van der Waals surface area contributed by atoms with E-state index in [9.17, 15) is 0 Å². The van der Waals surface area contributed by atoms with Crippen LogP contribution in [0.5, 0.6) is 0 Å². The van der Waals surface area contributed by atoms with Crippen molar-refractivity contribution in [2.24, 2.45) is 0 Å². The van der Waals surface area contributed by atoms with Crippen molar-refractivity contribution in [3.8, 4) is 11.4 Å². The molecule has 1 aromatic carbocycles. The summed E-state index contributed by atoms with van der Waals surface area (Å²) < 4.78 is 5.58. The number of benzene rings is 1. The Morgan fingerprint density at radius 3 is 2.95 bits per heavy atom. The van der Waals surface area contributed by atoms with Gasteiger partial charge in [0, 0.05) is 22.9 Å². The molecule has 0 aliphatic carbocycles. The van der Waals surface area contributed by atoms with Crippen LogP contribution in [0.4, 0.5) is 0 Å². The molecule has 1 N–H and O–H groups in total. The van der Waals surface area contributed by atoms with Gasteiger partial charge in [0.1, 0.15) is 0 Å². The highest BCUT2D eigenvalue weighted by Crippen LogP contribution is 2.23. The monoisotopic (exact) mass is 295 g/mol. The molecule has 0 saturated carbocycles. The molecule has 4 nitrogen and oxygen atoms in total. The maximum absolute atomic E-state index is 5.86. The molecule has 1 aliphatic rings. The first-order valence-electron chi connectivity index (χ1n) is 6.24. The number of halogens is 1. The van der Waals surface area contributed by atoms with Crippen molar-refractivity contribution in [2.75, 3.05) is 12.4 Å². The zero-order chi connectivity index (χ0) is 13.1. The highest BCUT2D eigenvalue weighted by Gasteiger charge is 2.16. The minimum absolute atomic E-state index is 0.350. The molecule has 1 unspecified atom stereocenters. The van der Waals surface area contributed by atoms with Gasteiger partial charge in [-0.15, -0.1) is 5.10 Å². The van der Waals surface area contributed by atoms with E-state index in [1.165, 1.54) is 0 Å². The number of nitrogens with zero attached hydrogens (tertiary/aromatic N) is 2. The van der Waals surface area contributed by atoms with Crippen LogP contribution in [0.25, 0.3) is 11.4 Å². The SMILES string of the molecule is Clc1ccc(-c2nc(SCC3CCCO3)n[nH]2)cc1. The van der Waals surface area contributed by atoms with Crippen LogP contribution in [0.15, 0.2) is 29.4 Å².